The summed E-state index contributed by atoms with van der Waals surface area (Å²) in [4.78, 5) is 25.6. The lowest BCUT2D eigenvalue weighted by molar-refractivity contribution is -0.890. The van der Waals surface area contributed by atoms with Gasteiger partial charge < -0.3 is 32.7 Å². The number of nitrogens with zero attached hydrogens (tertiary/aromatic N) is 3. The highest BCUT2D eigenvalue weighted by Crippen LogP contribution is 2.16. The van der Waals surface area contributed by atoms with Gasteiger partial charge in [0.25, 0.3) is 0 Å². The highest BCUT2D eigenvalue weighted by molar-refractivity contribution is 7.40. The van der Waals surface area contributed by atoms with Gasteiger partial charge in [0.1, 0.15) is 0 Å². The summed E-state index contributed by atoms with van der Waals surface area (Å²) in [6.45, 7) is 22.1. The van der Waals surface area contributed by atoms with E-state index in [4.69, 9.17) is 19.2 Å². The van der Waals surface area contributed by atoms with Crippen LogP contribution in [0.5, 0.6) is 0 Å². The molecule has 0 saturated heterocycles. The second-order valence-corrected chi connectivity index (χ2v) is 25.3. The predicted octanol–water partition coefficient (Wildman–Crippen LogP) is 18.0. The van der Waals surface area contributed by atoms with Crippen LogP contribution in [0.3, 0.4) is 0 Å². The molecule has 0 fully saturated rings. The van der Waals surface area contributed by atoms with Gasteiger partial charge in [0.2, 0.25) is 0 Å². The minimum Gasteiger partial charge on any atom is -0.822 e. The van der Waals surface area contributed by atoms with E-state index >= 15 is 0 Å². The van der Waals surface area contributed by atoms with Gasteiger partial charge in [-0.15, -0.1) is 0 Å². The topological polar surface area (TPSA) is 86.2 Å². The second-order valence-electron chi connectivity index (χ2n) is 24.4. The summed E-state index contributed by atoms with van der Waals surface area (Å²) >= 11 is 0. The quantitative estimate of drug-likeness (QED) is 0.0345. The molecule has 0 aromatic heterocycles. The van der Waals surface area contributed by atoms with Crippen molar-refractivity contribution in [2.24, 2.45) is 0 Å². The summed E-state index contributed by atoms with van der Waals surface area (Å²) in [6.07, 6.45) is 64.6. The van der Waals surface area contributed by atoms with E-state index in [-0.39, 0.29) is 0 Å². The monoisotopic (exact) mass is 1030 g/mol. The standard InChI is InChI=1S/3C21H46N.H3O4P/c3*1-5-7-9-11-13-15-17-19-21-22(3,4)20-18-16-14-12-10-8-6-2;1-5(2,3)4/h3*5-21H2,1-4H3;(H3,1,2,3,4)/q3*+1;/p-3. The van der Waals surface area contributed by atoms with Gasteiger partial charge in [-0.05, 0) is 77.0 Å². The van der Waals surface area contributed by atoms with Crippen LogP contribution in [0, 0.1) is 0 Å². The molecule has 0 aliphatic rings. The van der Waals surface area contributed by atoms with E-state index in [1.807, 2.05) is 0 Å². The maximum Gasteiger partial charge on any atom is 0.0782 e. The molecular weight excluding hydrogens is 894 g/mol. The molecule has 0 atom stereocenters. The number of unbranched alkanes of at least 4 members (excludes halogenated alkanes) is 39. The lowest BCUT2D eigenvalue weighted by atomic mass is 10.1. The van der Waals surface area contributed by atoms with E-state index < -0.39 is 7.82 Å². The first-order valence-corrected chi connectivity index (χ1v) is 33.5. The fourth-order valence-electron chi connectivity index (χ4n) is 9.85. The molecule has 71 heavy (non-hydrogen) atoms. The molecule has 7 nitrogen and oxygen atoms in total. The number of quaternary nitrogens is 3. The molecule has 0 unspecified atom stereocenters. The Balaban J connectivity index is -0.000000451. The van der Waals surface area contributed by atoms with Gasteiger partial charge in [-0.1, -0.05) is 253 Å². The van der Waals surface area contributed by atoms with Gasteiger partial charge in [0, 0.05) is 0 Å². The van der Waals surface area contributed by atoms with Crippen molar-refractivity contribution in [1.29, 1.82) is 0 Å². The molecule has 0 N–H and O–H groups in total. The molecule has 0 saturated carbocycles. The van der Waals surface area contributed by atoms with Crippen LogP contribution in [-0.2, 0) is 4.57 Å². The highest BCUT2D eigenvalue weighted by Gasteiger charge is 2.15. The summed E-state index contributed by atoms with van der Waals surface area (Å²) in [5, 5.41) is 0. The zero-order chi connectivity index (χ0) is 54.1. The minimum absolute atomic E-state index is 1.24. The van der Waals surface area contributed by atoms with Gasteiger partial charge in [-0.3, -0.25) is 0 Å². The summed E-state index contributed by atoms with van der Waals surface area (Å²) in [5.41, 5.74) is 0. The summed E-state index contributed by atoms with van der Waals surface area (Å²) in [7, 11) is 9.18. The van der Waals surface area contributed by atoms with Crippen molar-refractivity contribution in [3.05, 3.63) is 0 Å². The third-order valence-corrected chi connectivity index (χ3v) is 15.0. The predicted molar refractivity (Wildman–Crippen MR) is 315 cm³/mol. The van der Waals surface area contributed by atoms with Crippen LogP contribution in [0.1, 0.15) is 330 Å². The van der Waals surface area contributed by atoms with Crippen molar-refractivity contribution in [3.63, 3.8) is 0 Å². The summed E-state index contributed by atoms with van der Waals surface area (Å²) < 4.78 is 12.3. The molecule has 0 aliphatic heterocycles. The van der Waals surface area contributed by atoms with E-state index in [0.29, 0.717) is 0 Å². The number of hydrogen-bond donors (Lipinski definition) is 0. The van der Waals surface area contributed by atoms with Gasteiger partial charge >= 0.3 is 0 Å². The minimum atomic E-state index is -5.39. The Kier molecular flexibility index (Phi) is 64.7. The molecule has 0 aromatic carbocycles. The first-order valence-electron chi connectivity index (χ1n) is 32.1. The Morgan fingerprint density at radius 3 is 0.394 bits per heavy atom. The highest BCUT2D eigenvalue weighted by atomic mass is 31.2. The van der Waals surface area contributed by atoms with Gasteiger partial charge in [-0.2, -0.15) is 7.82 Å². The maximum atomic E-state index is 8.55. The van der Waals surface area contributed by atoms with Crippen LogP contribution in [0.4, 0.5) is 0 Å². The molecule has 0 bridgehead atoms. The van der Waals surface area contributed by atoms with Crippen molar-refractivity contribution < 1.29 is 32.7 Å². The first kappa shape index (κ1) is 77.5. The number of rotatable bonds is 51. The smallest absolute Gasteiger partial charge is 0.0782 e. The van der Waals surface area contributed by atoms with E-state index in [1.54, 1.807) is 0 Å². The fraction of sp³-hybridized carbons (Fsp3) is 1.00. The molecule has 0 aliphatic carbocycles. The molecule has 8 heteroatoms. The maximum absolute atomic E-state index is 8.55. The van der Waals surface area contributed by atoms with E-state index in [0.717, 1.165) is 0 Å². The van der Waals surface area contributed by atoms with Crippen LogP contribution >= 0.6 is 7.82 Å². The third-order valence-electron chi connectivity index (χ3n) is 15.0. The lowest BCUT2D eigenvalue weighted by Crippen LogP contribution is -2.41. The average molecular weight is 1030 g/mol. The zero-order valence-corrected chi connectivity index (χ0v) is 52.4. The largest absolute Gasteiger partial charge is 0.822 e. The Morgan fingerprint density at radius 1 is 0.211 bits per heavy atom. The average Bonchev–Trinajstić information content (AvgIpc) is 3.30. The SMILES string of the molecule is CCCCCCCCCC[N+](C)(C)CCCCCCCCC.CCCCCCCCCC[N+](C)(C)CCCCCCCCC.CCCCCCCCCC[N+](C)(C)CCCCCCCCC.O=P([O-])([O-])[O-]. The van der Waals surface area contributed by atoms with Crippen molar-refractivity contribution in [2.75, 3.05) is 81.6 Å². The zero-order valence-electron chi connectivity index (χ0n) is 51.5. The summed E-state index contributed by atoms with van der Waals surface area (Å²) in [5.74, 6) is 0. The van der Waals surface area contributed by atoms with Crippen LogP contribution < -0.4 is 14.7 Å². The van der Waals surface area contributed by atoms with Crippen molar-refractivity contribution >= 4 is 7.82 Å². The molecule has 0 radical (unpaired) electrons. The Hall–Kier alpha value is -0.0100. The second kappa shape index (κ2) is 59.2. The molecule has 0 heterocycles. The fourth-order valence-corrected chi connectivity index (χ4v) is 9.85. The first-order chi connectivity index (χ1) is 33.9. The Labute approximate surface area is 450 Å². The van der Waals surface area contributed by atoms with Crippen molar-refractivity contribution in [3.8, 4) is 0 Å². The van der Waals surface area contributed by atoms with Crippen LogP contribution in [0.2, 0.25) is 0 Å². The molecule has 0 amide bonds. The molecule has 0 rings (SSSR count). The Bertz CT molecular complexity index is 902. The molecule has 0 aromatic rings. The van der Waals surface area contributed by atoms with Gasteiger partial charge in [0.15, 0.2) is 0 Å². The van der Waals surface area contributed by atoms with Gasteiger partial charge in [-0.25, -0.2) is 0 Å². The van der Waals surface area contributed by atoms with E-state index in [9.17, 15) is 0 Å². The van der Waals surface area contributed by atoms with Crippen molar-refractivity contribution in [2.45, 2.75) is 330 Å². The van der Waals surface area contributed by atoms with E-state index in [1.165, 1.54) is 342 Å². The lowest BCUT2D eigenvalue weighted by Gasteiger charge is -2.36. The molecule has 0 spiro atoms. The normalized spacial score (nSPS) is 12.0. The molecular formula is C63H138N3O4P. The third kappa shape index (κ3) is 81.5. The van der Waals surface area contributed by atoms with Crippen molar-refractivity contribution in [1.82, 2.24) is 0 Å². The number of phosphoric acid groups is 1. The van der Waals surface area contributed by atoms with Crippen LogP contribution in [0.15, 0.2) is 0 Å². The van der Waals surface area contributed by atoms with Crippen LogP contribution in [0.25, 0.3) is 0 Å². The van der Waals surface area contributed by atoms with Gasteiger partial charge in [0.05, 0.1) is 81.6 Å². The van der Waals surface area contributed by atoms with E-state index in [2.05, 4.69) is 83.8 Å². The molecule has 434 valence electrons. The number of hydrogen-bond acceptors (Lipinski definition) is 4. The van der Waals surface area contributed by atoms with Crippen LogP contribution in [-0.4, -0.2) is 95.0 Å². The Morgan fingerprint density at radius 2 is 0.296 bits per heavy atom. The summed E-state index contributed by atoms with van der Waals surface area (Å²) in [6, 6.07) is 0.